The van der Waals surface area contributed by atoms with Gasteiger partial charge < -0.3 is 18.8 Å². The molecule has 2 rings (SSSR count). The minimum absolute atomic E-state index is 0.367. The molecule has 0 N–H and O–H groups in total. The molecule has 0 saturated carbocycles. The zero-order valence-corrected chi connectivity index (χ0v) is 16.3. The van der Waals surface area contributed by atoms with Crippen molar-refractivity contribution in [3.63, 3.8) is 0 Å². The Morgan fingerprint density at radius 2 is 1.88 bits per heavy atom. The Morgan fingerprint density at radius 3 is 2.46 bits per heavy atom. The molecule has 0 spiro atoms. The summed E-state index contributed by atoms with van der Waals surface area (Å²) in [5.74, 6) is 0.661. The highest BCUT2D eigenvalue weighted by atomic mass is 19.1. The molecule has 0 unspecified atom stereocenters. The SMILES string of the molecule is C=CCOCCC(=C(F)B1OC(C)(C)C(C)(C)O1)c1cccc(OC)c1. The Kier molecular flexibility index (Phi) is 6.66. The predicted octanol–water partition coefficient (Wildman–Crippen LogP) is 4.60. The van der Waals surface area contributed by atoms with Gasteiger partial charge in [-0.05, 0) is 57.4 Å². The molecule has 0 aliphatic carbocycles. The van der Waals surface area contributed by atoms with Gasteiger partial charge in [0.2, 0.25) is 0 Å². The lowest BCUT2D eigenvalue weighted by Crippen LogP contribution is -2.41. The molecule has 142 valence electrons. The molecule has 1 aromatic carbocycles. The Labute approximate surface area is 156 Å². The van der Waals surface area contributed by atoms with Gasteiger partial charge in [-0.2, -0.15) is 0 Å². The number of rotatable bonds is 8. The fraction of sp³-hybridized carbons (Fsp3) is 0.500. The number of benzene rings is 1. The number of hydrogen-bond acceptors (Lipinski definition) is 4. The summed E-state index contributed by atoms with van der Waals surface area (Å²) in [5, 5.41) is 0. The van der Waals surface area contributed by atoms with Gasteiger partial charge in [-0.1, -0.05) is 18.2 Å². The molecule has 1 fully saturated rings. The van der Waals surface area contributed by atoms with Crippen molar-refractivity contribution in [2.45, 2.75) is 45.3 Å². The number of methoxy groups -OCH3 is 1. The van der Waals surface area contributed by atoms with Crippen molar-refractivity contribution in [1.82, 2.24) is 0 Å². The molecule has 0 amide bonds. The van der Waals surface area contributed by atoms with Gasteiger partial charge in [-0.25, -0.2) is 4.39 Å². The highest BCUT2D eigenvalue weighted by molar-refractivity contribution is 6.55. The molecule has 1 heterocycles. The summed E-state index contributed by atoms with van der Waals surface area (Å²) in [7, 11) is 0.543. The van der Waals surface area contributed by atoms with Crippen molar-refractivity contribution in [1.29, 1.82) is 0 Å². The molecule has 1 aliphatic heterocycles. The van der Waals surface area contributed by atoms with E-state index in [9.17, 15) is 0 Å². The zero-order valence-electron chi connectivity index (χ0n) is 16.3. The maximum atomic E-state index is 15.4. The van der Waals surface area contributed by atoms with E-state index >= 15 is 4.39 Å². The highest BCUT2D eigenvalue weighted by Gasteiger charge is 2.53. The van der Waals surface area contributed by atoms with Crippen molar-refractivity contribution < 1.29 is 23.2 Å². The molecule has 0 bridgehead atoms. The van der Waals surface area contributed by atoms with Crippen LogP contribution < -0.4 is 4.74 Å². The largest absolute Gasteiger partial charge is 0.525 e. The van der Waals surface area contributed by atoms with Crippen LogP contribution in [-0.4, -0.2) is 38.6 Å². The third-order valence-corrected chi connectivity index (χ3v) is 4.90. The smallest absolute Gasteiger partial charge is 0.497 e. The lowest BCUT2D eigenvalue weighted by atomic mass is 9.82. The number of ether oxygens (including phenoxy) is 2. The summed E-state index contributed by atoms with van der Waals surface area (Å²) in [4.78, 5) is 0. The van der Waals surface area contributed by atoms with Gasteiger partial charge in [-0.3, -0.25) is 0 Å². The van der Waals surface area contributed by atoms with Crippen LogP contribution in [-0.2, 0) is 14.0 Å². The van der Waals surface area contributed by atoms with Gasteiger partial charge in [0.05, 0.1) is 31.5 Å². The zero-order chi connectivity index (χ0) is 19.4. The van der Waals surface area contributed by atoms with E-state index in [1.54, 1.807) is 19.3 Å². The molecular weight excluding hydrogens is 334 g/mol. The molecule has 0 atom stereocenters. The first-order chi connectivity index (χ1) is 12.2. The lowest BCUT2D eigenvalue weighted by molar-refractivity contribution is 0.00578. The Balaban J connectivity index is 2.35. The van der Waals surface area contributed by atoms with Gasteiger partial charge in [0, 0.05) is 0 Å². The van der Waals surface area contributed by atoms with E-state index in [0.717, 1.165) is 5.56 Å². The second-order valence-electron chi connectivity index (χ2n) is 7.26. The molecule has 6 heteroatoms. The normalized spacial score (nSPS) is 19.2. The number of hydrogen-bond donors (Lipinski definition) is 0. The van der Waals surface area contributed by atoms with Crippen LogP contribution in [0.2, 0.25) is 0 Å². The summed E-state index contributed by atoms with van der Waals surface area (Å²) in [6.45, 7) is 12.0. The minimum Gasteiger partial charge on any atom is -0.497 e. The van der Waals surface area contributed by atoms with Gasteiger partial charge in [0.25, 0.3) is 0 Å². The fourth-order valence-corrected chi connectivity index (χ4v) is 2.64. The van der Waals surface area contributed by atoms with Gasteiger partial charge in [-0.15, -0.1) is 6.58 Å². The molecule has 1 aliphatic rings. The second kappa shape index (κ2) is 8.38. The Morgan fingerprint density at radius 1 is 1.23 bits per heavy atom. The molecule has 0 radical (unpaired) electrons. The summed E-state index contributed by atoms with van der Waals surface area (Å²) >= 11 is 0. The van der Waals surface area contributed by atoms with Crippen molar-refractivity contribution in [2.24, 2.45) is 0 Å². The quantitative estimate of drug-likeness (QED) is 0.385. The van der Waals surface area contributed by atoms with Crippen molar-refractivity contribution in [2.75, 3.05) is 20.3 Å². The maximum absolute atomic E-state index is 15.4. The van der Waals surface area contributed by atoms with E-state index in [1.807, 2.05) is 45.9 Å². The van der Waals surface area contributed by atoms with Crippen LogP contribution in [0.1, 0.15) is 39.7 Å². The van der Waals surface area contributed by atoms with Crippen LogP contribution >= 0.6 is 0 Å². The van der Waals surface area contributed by atoms with Gasteiger partial charge in [0.15, 0.2) is 0 Å². The first-order valence-corrected chi connectivity index (χ1v) is 8.79. The van der Waals surface area contributed by atoms with Gasteiger partial charge in [0.1, 0.15) is 11.5 Å². The van der Waals surface area contributed by atoms with E-state index in [1.165, 1.54) is 0 Å². The van der Waals surface area contributed by atoms with Crippen LogP contribution in [0.4, 0.5) is 4.39 Å². The average Bonchev–Trinajstić information content (AvgIpc) is 2.82. The van der Waals surface area contributed by atoms with Crippen molar-refractivity contribution >= 4 is 12.7 Å². The summed E-state index contributed by atoms with van der Waals surface area (Å²) in [5.41, 5.74) is -0.425. The molecule has 0 aromatic heterocycles. The summed E-state index contributed by atoms with van der Waals surface area (Å²) in [6.07, 6.45) is 2.05. The molecule has 4 nitrogen and oxygen atoms in total. The third kappa shape index (κ3) is 4.55. The second-order valence-corrected chi connectivity index (χ2v) is 7.26. The molecule has 1 aromatic rings. The minimum atomic E-state index is -1.04. The van der Waals surface area contributed by atoms with Crippen LogP contribution in [0.5, 0.6) is 5.75 Å². The van der Waals surface area contributed by atoms with E-state index in [2.05, 4.69) is 6.58 Å². The van der Waals surface area contributed by atoms with Crippen LogP contribution in [0, 0.1) is 0 Å². The maximum Gasteiger partial charge on any atom is 0.525 e. The van der Waals surface area contributed by atoms with E-state index in [-0.39, 0.29) is 0 Å². The summed E-state index contributed by atoms with van der Waals surface area (Å²) in [6, 6.07) is 7.29. The Bertz CT molecular complexity index is 654. The molecular formula is C20H28BFO4. The van der Waals surface area contributed by atoms with Crippen molar-refractivity contribution in [3.05, 3.63) is 48.2 Å². The number of halogens is 1. The molecule has 26 heavy (non-hydrogen) atoms. The van der Waals surface area contributed by atoms with Crippen LogP contribution in [0.15, 0.2) is 42.6 Å². The average molecular weight is 362 g/mol. The Hall–Kier alpha value is -1.63. The highest BCUT2D eigenvalue weighted by Crippen LogP contribution is 2.40. The van der Waals surface area contributed by atoms with Crippen molar-refractivity contribution in [3.8, 4) is 5.75 Å². The van der Waals surface area contributed by atoms with Crippen LogP contribution in [0.25, 0.3) is 5.57 Å². The molecule has 1 saturated heterocycles. The first kappa shape index (κ1) is 20.7. The van der Waals surface area contributed by atoms with E-state index in [0.29, 0.717) is 31.0 Å². The van der Waals surface area contributed by atoms with E-state index < -0.39 is 24.0 Å². The first-order valence-electron chi connectivity index (χ1n) is 8.79. The third-order valence-electron chi connectivity index (χ3n) is 4.90. The van der Waals surface area contributed by atoms with Gasteiger partial charge >= 0.3 is 7.12 Å². The monoisotopic (exact) mass is 362 g/mol. The summed E-state index contributed by atoms with van der Waals surface area (Å²) < 4.78 is 37.9. The standard InChI is InChI=1S/C20H28BFO4/c1-7-12-24-13-11-17(15-9-8-10-16(14-15)23-6)18(22)21-25-19(2,3)20(4,5)26-21/h7-10,14H,1,11-13H2,2-6H3. The lowest BCUT2D eigenvalue weighted by Gasteiger charge is -2.32. The fourth-order valence-electron chi connectivity index (χ4n) is 2.64. The predicted molar refractivity (Wildman–Crippen MR) is 103 cm³/mol. The van der Waals surface area contributed by atoms with Crippen LogP contribution in [0.3, 0.4) is 0 Å². The topological polar surface area (TPSA) is 36.9 Å². The van der Waals surface area contributed by atoms with E-state index in [4.69, 9.17) is 18.8 Å².